The monoisotopic (exact) mass is 289 g/mol. The molecule has 0 saturated carbocycles. The molecular formula is C14H27NO5. The fourth-order valence-electron chi connectivity index (χ4n) is 0.531. The van der Waals surface area contributed by atoms with Gasteiger partial charge in [0, 0.05) is 11.1 Å². The third kappa shape index (κ3) is 18.7. The van der Waals surface area contributed by atoms with E-state index < -0.39 is 18.2 Å². The van der Waals surface area contributed by atoms with Gasteiger partial charge in [0.1, 0.15) is 12.8 Å². The third-order valence-corrected chi connectivity index (χ3v) is 1.31. The van der Waals surface area contributed by atoms with Gasteiger partial charge in [0.05, 0.1) is 6.61 Å². The number of esters is 2. The second kappa shape index (κ2) is 15.4. The van der Waals surface area contributed by atoms with Crippen molar-refractivity contribution in [1.82, 2.24) is 0 Å². The minimum absolute atomic E-state index is 0.0473. The van der Waals surface area contributed by atoms with E-state index in [2.05, 4.69) is 22.6 Å². The van der Waals surface area contributed by atoms with Crippen molar-refractivity contribution in [3.05, 3.63) is 24.3 Å². The van der Waals surface area contributed by atoms with E-state index in [-0.39, 0.29) is 13.2 Å². The van der Waals surface area contributed by atoms with Gasteiger partial charge in [0.2, 0.25) is 0 Å². The minimum atomic E-state index is -0.547. The smallest absolute Gasteiger partial charge is 0.334 e. The molecule has 0 aliphatic rings. The predicted molar refractivity (Wildman–Crippen MR) is 78.8 cm³/mol. The Morgan fingerprint density at radius 1 is 1.15 bits per heavy atom. The van der Waals surface area contributed by atoms with Crippen LogP contribution in [0.15, 0.2) is 24.3 Å². The number of hydrogen-bond donors (Lipinski definition) is 2. The normalized spacial score (nSPS) is 9.75. The summed E-state index contributed by atoms with van der Waals surface area (Å²) in [6.45, 7) is 15.4. The molecule has 0 bridgehead atoms. The summed E-state index contributed by atoms with van der Waals surface area (Å²) >= 11 is 0. The topological polar surface area (TPSA) is 98.9 Å². The summed E-state index contributed by atoms with van der Waals surface area (Å²) in [4.78, 5) is 21.0. The summed E-state index contributed by atoms with van der Waals surface area (Å²) < 4.78 is 9.02. The maximum absolute atomic E-state index is 10.6. The molecule has 6 heteroatoms. The highest BCUT2D eigenvalue weighted by molar-refractivity contribution is 5.87. The van der Waals surface area contributed by atoms with Gasteiger partial charge in [0.15, 0.2) is 0 Å². The van der Waals surface area contributed by atoms with E-state index in [1.807, 2.05) is 13.8 Å². The molecule has 0 fully saturated rings. The zero-order valence-corrected chi connectivity index (χ0v) is 13.1. The summed E-state index contributed by atoms with van der Waals surface area (Å²) in [6, 6.07) is 0. The van der Waals surface area contributed by atoms with E-state index in [0.717, 1.165) is 0 Å². The lowest BCUT2D eigenvalue weighted by Crippen LogP contribution is -2.23. The molecule has 0 radical (unpaired) electrons. The molecule has 0 aliphatic heterocycles. The van der Waals surface area contributed by atoms with Crippen molar-refractivity contribution in [2.24, 2.45) is 5.73 Å². The lowest BCUT2D eigenvalue weighted by atomic mass is 10.4. The van der Waals surface area contributed by atoms with Crippen LogP contribution >= 0.6 is 0 Å². The molecule has 0 aromatic rings. The summed E-state index contributed by atoms with van der Waals surface area (Å²) in [5.74, 6) is -0.894. The molecule has 6 nitrogen and oxygen atoms in total. The van der Waals surface area contributed by atoms with Crippen molar-refractivity contribution in [2.45, 2.75) is 40.8 Å². The summed E-state index contributed by atoms with van der Waals surface area (Å²) in [7, 11) is 0. The number of aliphatic hydroxyl groups excluding tert-OH is 1. The summed E-state index contributed by atoms with van der Waals surface area (Å²) in [5.41, 5.74) is 5.87. The van der Waals surface area contributed by atoms with E-state index in [0.29, 0.717) is 11.1 Å². The highest BCUT2D eigenvalue weighted by atomic mass is 16.6. The second-order valence-corrected chi connectivity index (χ2v) is 3.53. The van der Waals surface area contributed by atoms with Crippen LogP contribution < -0.4 is 5.73 Å². The number of rotatable bonds is 5. The highest BCUT2D eigenvalue weighted by Crippen LogP contribution is 1.92. The molecule has 0 aromatic carbocycles. The van der Waals surface area contributed by atoms with Crippen molar-refractivity contribution in [2.75, 3.05) is 13.2 Å². The first-order chi connectivity index (χ1) is 9.22. The van der Waals surface area contributed by atoms with Crippen LogP contribution in [0.4, 0.5) is 0 Å². The van der Waals surface area contributed by atoms with Crippen LogP contribution in [0.3, 0.4) is 0 Å². The molecule has 3 N–H and O–H groups in total. The van der Waals surface area contributed by atoms with Gasteiger partial charge in [-0.2, -0.15) is 0 Å². The van der Waals surface area contributed by atoms with Crippen molar-refractivity contribution < 1.29 is 24.2 Å². The molecule has 0 amide bonds. The van der Waals surface area contributed by atoms with Gasteiger partial charge in [-0.05, 0) is 20.8 Å². The molecule has 20 heavy (non-hydrogen) atoms. The molecule has 0 aromatic heterocycles. The molecule has 0 rings (SSSR count). The van der Waals surface area contributed by atoms with E-state index in [1.165, 1.54) is 0 Å². The molecule has 0 saturated heterocycles. The molecule has 118 valence electrons. The largest absolute Gasteiger partial charge is 0.460 e. The Morgan fingerprint density at radius 2 is 1.55 bits per heavy atom. The molecule has 1 unspecified atom stereocenters. The minimum Gasteiger partial charge on any atom is -0.460 e. The van der Waals surface area contributed by atoms with Gasteiger partial charge < -0.3 is 14.6 Å². The number of hydrogen-bond acceptors (Lipinski definition) is 6. The SMILES string of the molecule is C=C(C)C(=O)OC(C)N.C=C(C)C(=O)OCCO.CC. The fourth-order valence-corrected chi connectivity index (χ4v) is 0.531. The Morgan fingerprint density at radius 3 is 1.75 bits per heavy atom. The summed E-state index contributed by atoms with van der Waals surface area (Å²) in [6.07, 6.45) is -0.547. The van der Waals surface area contributed by atoms with Gasteiger partial charge in [-0.15, -0.1) is 0 Å². The molecular weight excluding hydrogens is 262 g/mol. The van der Waals surface area contributed by atoms with Gasteiger partial charge in [-0.1, -0.05) is 27.0 Å². The fraction of sp³-hybridized carbons (Fsp3) is 0.571. The highest BCUT2D eigenvalue weighted by Gasteiger charge is 2.04. The predicted octanol–water partition coefficient (Wildman–Crippen LogP) is 1.53. The molecule has 0 spiro atoms. The second-order valence-electron chi connectivity index (χ2n) is 3.53. The average molecular weight is 289 g/mol. The lowest BCUT2D eigenvalue weighted by Gasteiger charge is -2.05. The quantitative estimate of drug-likeness (QED) is 0.452. The number of nitrogens with two attached hydrogens (primary N) is 1. The van der Waals surface area contributed by atoms with Crippen molar-refractivity contribution in [1.29, 1.82) is 0 Å². The number of carbonyl (C=O) groups excluding carboxylic acids is 2. The first-order valence-electron chi connectivity index (χ1n) is 6.27. The van der Waals surface area contributed by atoms with E-state index >= 15 is 0 Å². The van der Waals surface area contributed by atoms with Crippen molar-refractivity contribution in [3.8, 4) is 0 Å². The van der Waals surface area contributed by atoms with Crippen LogP contribution in [0.5, 0.6) is 0 Å². The number of aliphatic hydroxyl groups is 1. The van der Waals surface area contributed by atoms with Gasteiger partial charge in [-0.3, -0.25) is 5.73 Å². The number of ether oxygens (including phenoxy) is 2. The molecule has 0 aliphatic carbocycles. The van der Waals surface area contributed by atoms with Crippen LogP contribution in [0.1, 0.15) is 34.6 Å². The van der Waals surface area contributed by atoms with Gasteiger partial charge >= 0.3 is 11.9 Å². The van der Waals surface area contributed by atoms with Crippen LogP contribution in [0.2, 0.25) is 0 Å². The van der Waals surface area contributed by atoms with Crippen LogP contribution in [0.25, 0.3) is 0 Å². The molecule has 1 atom stereocenters. The lowest BCUT2D eigenvalue weighted by molar-refractivity contribution is -0.143. The Hall–Kier alpha value is -1.66. The zero-order chi connectivity index (χ0) is 16.7. The molecule has 0 heterocycles. The standard InChI is InChI=1S/C6H11NO2.C6H10O3.C2H6/c1-4(2)6(8)9-5(3)7;1-5(2)6(8)9-4-3-7;1-2/h5H,1,7H2,2-3H3;7H,1,3-4H2,2H3;1-2H3. The maximum Gasteiger partial charge on any atom is 0.334 e. The Labute approximate surface area is 121 Å². The Balaban J connectivity index is -0.000000257. The van der Waals surface area contributed by atoms with Gasteiger partial charge in [-0.25, -0.2) is 9.59 Å². The van der Waals surface area contributed by atoms with E-state index in [9.17, 15) is 9.59 Å². The van der Waals surface area contributed by atoms with E-state index in [1.54, 1.807) is 20.8 Å². The van der Waals surface area contributed by atoms with Crippen LogP contribution in [-0.4, -0.2) is 36.5 Å². The summed E-state index contributed by atoms with van der Waals surface area (Å²) in [5, 5.41) is 8.19. The van der Waals surface area contributed by atoms with E-state index in [4.69, 9.17) is 10.8 Å². The van der Waals surface area contributed by atoms with Gasteiger partial charge in [0.25, 0.3) is 0 Å². The Kier molecular flexibility index (Phi) is 18.0. The van der Waals surface area contributed by atoms with Crippen LogP contribution in [0, 0.1) is 0 Å². The first kappa shape index (κ1) is 23.4. The van der Waals surface area contributed by atoms with Crippen molar-refractivity contribution in [3.63, 3.8) is 0 Å². The Bertz CT molecular complexity index is 311. The van der Waals surface area contributed by atoms with Crippen molar-refractivity contribution >= 4 is 11.9 Å². The first-order valence-corrected chi connectivity index (χ1v) is 6.27. The van der Waals surface area contributed by atoms with Crippen LogP contribution in [-0.2, 0) is 19.1 Å². The zero-order valence-electron chi connectivity index (χ0n) is 13.1. The maximum atomic E-state index is 10.6. The average Bonchev–Trinajstić information content (AvgIpc) is 2.38. The number of carbonyl (C=O) groups is 2. The third-order valence-electron chi connectivity index (χ3n) is 1.31.